The number of anilines is 4. The molecule has 0 unspecified atom stereocenters. The average Bonchev–Trinajstić information content (AvgIpc) is 2.63. The zero-order valence-electron chi connectivity index (χ0n) is 15.3. The second kappa shape index (κ2) is 10.6. The summed E-state index contributed by atoms with van der Waals surface area (Å²) in [5.41, 5.74) is 1.43. The minimum absolute atomic E-state index is 0. The number of hydrogen-bond donors (Lipinski definition) is 2. The Morgan fingerprint density at radius 1 is 0.714 bits per heavy atom. The molecule has 0 bridgehead atoms. The minimum Gasteiger partial charge on any atom is -0.545 e. The van der Waals surface area contributed by atoms with Crippen molar-refractivity contribution in [1.29, 1.82) is 0 Å². The topological polar surface area (TPSA) is 130 Å². The fourth-order valence-corrected chi connectivity index (χ4v) is 2.14. The van der Waals surface area contributed by atoms with Crippen LogP contribution >= 0.6 is 0 Å². The van der Waals surface area contributed by atoms with Crippen molar-refractivity contribution in [3.05, 3.63) is 71.9 Å². The summed E-state index contributed by atoms with van der Waals surface area (Å²) in [5.74, 6) is -1.68. The van der Waals surface area contributed by atoms with E-state index in [1.54, 1.807) is 36.5 Å². The van der Waals surface area contributed by atoms with Gasteiger partial charge in [-0.25, -0.2) is 4.98 Å². The molecule has 8 nitrogen and oxygen atoms in total. The molecule has 0 aliphatic heterocycles. The zero-order valence-corrected chi connectivity index (χ0v) is 15.3. The first-order valence-electron chi connectivity index (χ1n) is 7.51. The Hall–Kier alpha value is -2.75. The summed E-state index contributed by atoms with van der Waals surface area (Å²) in [6.07, 6.45) is 1.54. The van der Waals surface area contributed by atoms with E-state index in [1.807, 2.05) is 0 Å². The third-order valence-corrected chi connectivity index (χ3v) is 3.43. The Morgan fingerprint density at radius 2 is 1.18 bits per heavy atom. The van der Waals surface area contributed by atoms with Crippen molar-refractivity contribution in [3.8, 4) is 0 Å². The molecule has 2 aromatic carbocycles. The second-order valence-corrected chi connectivity index (χ2v) is 5.25. The first kappa shape index (κ1) is 23.3. The molecular formula is C18H12Li2N4O4. The molecule has 10 heteroatoms. The van der Waals surface area contributed by atoms with Gasteiger partial charge in [-0.1, -0.05) is 24.3 Å². The molecule has 0 saturated heterocycles. The van der Waals surface area contributed by atoms with E-state index >= 15 is 0 Å². The molecule has 0 fully saturated rings. The number of rotatable bonds is 6. The van der Waals surface area contributed by atoms with Gasteiger partial charge in [0, 0.05) is 17.6 Å². The molecule has 0 aliphatic carbocycles. The maximum absolute atomic E-state index is 10.8. The number of carbonyl (C=O) groups excluding carboxylic acids is 2. The van der Waals surface area contributed by atoms with Crippen molar-refractivity contribution >= 4 is 35.1 Å². The van der Waals surface area contributed by atoms with Crippen LogP contribution in [0.2, 0.25) is 0 Å². The van der Waals surface area contributed by atoms with Crippen LogP contribution < -0.4 is 58.6 Å². The van der Waals surface area contributed by atoms with Gasteiger partial charge >= 0.3 is 37.7 Å². The summed E-state index contributed by atoms with van der Waals surface area (Å²) in [6.45, 7) is 0. The first-order chi connectivity index (χ1) is 12.5. The van der Waals surface area contributed by atoms with E-state index in [9.17, 15) is 19.8 Å². The van der Waals surface area contributed by atoms with Gasteiger partial charge in [0.05, 0.1) is 11.9 Å². The summed E-state index contributed by atoms with van der Waals surface area (Å²) in [4.78, 5) is 29.9. The Bertz CT molecular complexity index is 876. The number of hydrogen-bond acceptors (Lipinski definition) is 8. The molecular weight excluding hydrogens is 350 g/mol. The van der Waals surface area contributed by atoms with Crippen LogP contribution in [0.3, 0.4) is 0 Å². The molecule has 0 aliphatic rings. The summed E-state index contributed by atoms with van der Waals surface area (Å²) >= 11 is 0. The van der Waals surface area contributed by atoms with E-state index in [2.05, 4.69) is 20.6 Å². The minimum atomic E-state index is -1.25. The van der Waals surface area contributed by atoms with E-state index in [0.717, 1.165) is 0 Å². The van der Waals surface area contributed by atoms with Crippen molar-refractivity contribution in [2.24, 2.45) is 0 Å². The van der Waals surface area contributed by atoms with Crippen LogP contribution in [-0.2, 0) is 0 Å². The molecule has 0 amide bonds. The third kappa shape index (κ3) is 6.16. The van der Waals surface area contributed by atoms with Crippen LogP contribution in [-0.4, -0.2) is 21.9 Å². The number of carbonyl (C=O) groups is 2. The summed E-state index contributed by atoms with van der Waals surface area (Å²) < 4.78 is 0. The van der Waals surface area contributed by atoms with Crippen LogP contribution in [0.5, 0.6) is 0 Å². The molecule has 0 saturated carbocycles. The average molecular weight is 362 g/mol. The normalized spacial score (nSPS) is 9.43. The third-order valence-electron chi connectivity index (χ3n) is 3.43. The van der Waals surface area contributed by atoms with Gasteiger partial charge in [-0.05, 0) is 41.5 Å². The molecule has 1 heterocycles. The van der Waals surface area contributed by atoms with E-state index in [1.165, 1.54) is 24.3 Å². The van der Waals surface area contributed by atoms with Crippen molar-refractivity contribution in [3.63, 3.8) is 0 Å². The van der Waals surface area contributed by atoms with E-state index in [0.29, 0.717) is 23.1 Å². The van der Waals surface area contributed by atoms with Gasteiger partial charge in [-0.15, -0.1) is 0 Å². The standard InChI is InChI=1S/C18H14N4O4.2Li/c23-16(24)11-1-5-13(6-2-11)20-15-9-10-19-18(22-15)21-14-7-3-12(4-8-14)17(25)26;;/h1-10H,(H,23,24)(H,25,26)(H2,19,20,21,22);;/q;2*+1/p-2. The summed E-state index contributed by atoms with van der Waals surface area (Å²) in [6, 6.07) is 13.7. The molecule has 28 heavy (non-hydrogen) atoms. The van der Waals surface area contributed by atoms with Gasteiger partial charge in [0.2, 0.25) is 5.95 Å². The number of carboxylic acids is 2. The van der Waals surface area contributed by atoms with Gasteiger partial charge in [0.15, 0.2) is 0 Å². The largest absolute Gasteiger partial charge is 1.00 e. The summed E-state index contributed by atoms with van der Waals surface area (Å²) in [7, 11) is 0. The fraction of sp³-hybridized carbons (Fsp3) is 0. The number of aromatic carboxylic acids is 2. The molecule has 0 atom stereocenters. The molecule has 0 radical (unpaired) electrons. The molecule has 1 aromatic heterocycles. The first-order valence-corrected chi connectivity index (χ1v) is 7.51. The van der Waals surface area contributed by atoms with E-state index in [-0.39, 0.29) is 48.8 Å². The van der Waals surface area contributed by atoms with Crippen LogP contribution in [0.25, 0.3) is 0 Å². The SMILES string of the molecule is O=C([O-])c1ccc(Nc2ccnc(Nc3ccc(C(=O)[O-])cc3)n2)cc1.[Li+].[Li+]. The molecule has 3 aromatic rings. The molecule has 3 rings (SSSR count). The smallest absolute Gasteiger partial charge is 0.545 e. The molecule has 130 valence electrons. The van der Waals surface area contributed by atoms with Gasteiger partial charge < -0.3 is 30.4 Å². The maximum Gasteiger partial charge on any atom is 1.00 e. The van der Waals surface area contributed by atoms with Crippen LogP contribution in [0, 0.1) is 0 Å². The van der Waals surface area contributed by atoms with Crippen molar-refractivity contribution < 1.29 is 57.5 Å². The van der Waals surface area contributed by atoms with E-state index < -0.39 is 11.9 Å². The van der Waals surface area contributed by atoms with Crippen LogP contribution in [0.15, 0.2) is 60.8 Å². The number of carboxylic acid groups (broad SMARTS) is 2. The maximum atomic E-state index is 10.8. The Kier molecular flexibility index (Phi) is 8.78. The molecule has 0 spiro atoms. The summed E-state index contributed by atoms with van der Waals surface area (Å²) in [5, 5.41) is 27.5. The molecule has 2 N–H and O–H groups in total. The second-order valence-electron chi connectivity index (χ2n) is 5.25. The van der Waals surface area contributed by atoms with Gasteiger partial charge in [0.1, 0.15) is 5.82 Å². The van der Waals surface area contributed by atoms with Gasteiger partial charge in [-0.3, -0.25) is 0 Å². The van der Waals surface area contributed by atoms with Gasteiger partial charge in [0.25, 0.3) is 0 Å². The quantitative estimate of drug-likeness (QED) is 0.416. The number of benzene rings is 2. The van der Waals surface area contributed by atoms with Crippen molar-refractivity contribution in [2.45, 2.75) is 0 Å². The van der Waals surface area contributed by atoms with E-state index in [4.69, 9.17) is 0 Å². The number of nitrogens with one attached hydrogen (secondary N) is 2. The van der Waals surface area contributed by atoms with Crippen molar-refractivity contribution in [1.82, 2.24) is 9.97 Å². The van der Waals surface area contributed by atoms with Crippen LogP contribution in [0.4, 0.5) is 23.1 Å². The monoisotopic (exact) mass is 362 g/mol. The predicted molar refractivity (Wildman–Crippen MR) is 90.1 cm³/mol. The Labute approximate surface area is 184 Å². The van der Waals surface area contributed by atoms with Crippen LogP contribution in [0.1, 0.15) is 20.7 Å². The zero-order chi connectivity index (χ0) is 18.5. The van der Waals surface area contributed by atoms with Gasteiger partial charge in [-0.2, -0.15) is 4.98 Å². The predicted octanol–water partition coefficient (Wildman–Crippen LogP) is -5.30. The van der Waals surface area contributed by atoms with Crippen molar-refractivity contribution in [2.75, 3.05) is 10.6 Å². The fourth-order valence-electron chi connectivity index (χ4n) is 2.14. The number of aromatic nitrogens is 2. The number of nitrogens with zero attached hydrogens (tertiary/aromatic N) is 2. The Morgan fingerprint density at radius 3 is 1.64 bits per heavy atom. The Balaban J connectivity index is 0.00000196.